The molecule has 14 heteroatoms. The average molecular weight is 471 g/mol. The number of phenolic OH excluding ortho intramolecular Hbond substituents is 2. The molecule has 0 radical (unpaired) electrons. The molecule has 3 atom stereocenters. The zero-order chi connectivity index (χ0) is 23.8. The minimum Gasteiger partial charge on any atom is -0.504 e. The summed E-state index contributed by atoms with van der Waals surface area (Å²) in [5.41, 5.74) is 4.53. The number of carboxylic acid groups (broad SMARTS) is 1. The maximum Gasteiger partial charge on any atom is 0.426 e. The third-order valence-electron chi connectivity index (χ3n) is 5.52. The van der Waals surface area contributed by atoms with Gasteiger partial charge in [-0.15, -0.1) is 0 Å². The fourth-order valence-corrected chi connectivity index (χ4v) is 5.95. The first kappa shape index (κ1) is 23.1. The van der Waals surface area contributed by atoms with E-state index in [0.29, 0.717) is 5.56 Å². The van der Waals surface area contributed by atoms with Crippen LogP contribution in [0.1, 0.15) is 25.3 Å². The number of ether oxygens (including phenoxy) is 1. The molecule has 2 heterocycles. The van der Waals surface area contributed by atoms with Gasteiger partial charge in [0.25, 0.3) is 0 Å². The Kier molecular flexibility index (Phi) is 5.91. The maximum atomic E-state index is 12.7. The number of hydrogen-bond donors (Lipinski definition) is 5. The topological polar surface area (TPSA) is 200 Å². The third-order valence-corrected chi connectivity index (χ3v) is 8.27. The summed E-state index contributed by atoms with van der Waals surface area (Å²) in [4.78, 5) is 47.9. The van der Waals surface area contributed by atoms with Gasteiger partial charge in [0.1, 0.15) is 16.7 Å². The van der Waals surface area contributed by atoms with Gasteiger partial charge in [-0.2, -0.15) is 0 Å². The second-order valence-corrected chi connectivity index (χ2v) is 10.2. The van der Waals surface area contributed by atoms with Crippen molar-refractivity contribution in [1.29, 1.82) is 0 Å². The Labute approximate surface area is 181 Å². The number of nitrogens with one attached hydrogen (secondary N) is 2. The van der Waals surface area contributed by atoms with Crippen molar-refractivity contribution in [2.24, 2.45) is 0 Å². The first-order valence-electron chi connectivity index (χ1n) is 9.38. The van der Waals surface area contributed by atoms with Crippen molar-refractivity contribution in [2.45, 2.75) is 42.3 Å². The molecule has 5 N–H and O–H groups in total. The van der Waals surface area contributed by atoms with Gasteiger partial charge in [0.2, 0.25) is 11.8 Å². The number of carboxylic acids is 1. The number of hydrazine groups is 1. The Balaban J connectivity index is 1.52. The highest BCUT2D eigenvalue weighted by molar-refractivity contribution is 7.94. The summed E-state index contributed by atoms with van der Waals surface area (Å²) in [7, 11) is -4.13. The number of nitrogens with zero attached hydrogens (tertiary/aromatic N) is 1. The molecule has 2 fully saturated rings. The molecule has 0 spiro atoms. The monoisotopic (exact) mass is 471 g/mol. The summed E-state index contributed by atoms with van der Waals surface area (Å²) in [5.74, 6) is -3.43. The number of aromatic hydroxyl groups is 2. The van der Waals surface area contributed by atoms with Crippen LogP contribution in [-0.4, -0.2) is 75.3 Å². The van der Waals surface area contributed by atoms with E-state index in [9.17, 15) is 42.9 Å². The van der Waals surface area contributed by atoms with Crippen molar-refractivity contribution < 1.29 is 47.7 Å². The summed E-state index contributed by atoms with van der Waals surface area (Å²) in [6, 6.07) is 2.33. The second-order valence-electron chi connectivity index (χ2n) is 7.63. The molecule has 0 aromatic heterocycles. The maximum absolute atomic E-state index is 12.7. The molecule has 0 saturated carbocycles. The minimum atomic E-state index is -4.13. The van der Waals surface area contributed by atoms with Crippen LogP contribution in [0.2, 0.25) is 0 Å². The Hall–Kier alpha value is -3.55. The summed E-state index contributed by atoms with van der Waals surface area (Å²) in [5, 5.41) is 26.9. The van der Waals surface area contributed by atoms with E-state index in [0.717, 1.165) is 11.8 Å². The molecule has 13 nitrogen and oxygen atoms in total. The highest BCUT2D eigenvalue weighted by Crippen LogP contribution is 2.46. The smallest absolute Gasteiger partial charge is 0.426 e. The number of amides is 3. The molecule has 2 saturated heterocycles. The van der Waals surface area contributed by atoms with E-state index in [4.69, 9.17) is 4.74 Å². The van der Waals surface area contributed by atoms with E-state index in [1.165, 1.54) is 18.2 Å². The number of fused-ring (bicyclic) bond motifs is 1. The van der Waals surface area contributed by atoms with E-state index >= 15 is 0 Å². The highest BCUT2D eigenvalue weighted by atomic mass is 32.2. The molecule has 3 amide bonds. The van der Waals surface area contributed by atoms with Crippen molar-refractivity contribution in [2.75, 3.05) is 6.61 Å². The quantitative estimate of drug-likeness (QED) is 0.194. The van der Waals surface area contributed by atoms with Gasteiger partial charge in [-0.25, -0.2) is 23.4 Å². The number of benzene rings is 1. The second kappa shape index (κ2) is 8.18. The van der Waals surface area contributed by atoms with Crippen LogP contribution in [0, 0.1) is 0 Å². The standard InChI is InChI=1S/C18H21N3O10S/c1-18(15(16(26)27)21-13(25)7-14(21)32(18,29)30)8-31-17(28)20-19-12(24)5-3-9-2-4-10(22)11(23)6-9/h2,4,6,14-15,22-23H,3,5,7-8H2,1H3,(H,19,24)(H,20,28)(H,26,27)/t14-,15+,18+/m1/s1. The van der Waals surface area contributed by atoms with E-state index in [1.807, 2.05) is 5.43 Å². The predicted octanol–water partition coefficient (Wildman–Crippen LogP) is -1.01. The third kappa shape index (κ3) is 3.88. The largest absolute Gasteiger partial charge is 0.504 e. The molecule has 2 aliphatic rings. The number of rotatable bonds is 6. The van der Waals surface area contributed by atoms with Crippen molar-refractivity contribution in [1.82, 2.24) is 15.8 Å². The molecule has 0 aliphatic carbocycles. The fourth-order valence-electron chi connectivity index (χ4n) is 3.68. The first-order chi connectivity index (χ1) is 14.9. The Bertz CT molecular complexity index is 1090. The number of sulfone groups is 1. The van der Waals surface area contributed by atoms with Crippen molar-refractivity contribution in [3.8, 4) is 11.5 Å². The molecular weight excluding hydrogens is 450 g/mol. The lowest BCUT2D eigenvalue weighted by molar-refractivity contribution is -0.158. The number of β-lactam (4-membered cyclic amide) rings is 1. The minimum absolute atomic E-state index is 0.101. The number of carbonyl (C=O) groups excluding carboxylic acids is 3. The molecule has 3 rings (SSSR count). The van der Waals surface area contributed by atoms with Crippen LogP contribution in [0.15, 0.2) is 18.2 Å². The number of aryl methyl sites for hydroxylation is 1. The van der Waals surface area contributed by atoms with E-state index in [-0.39, 0.29) is 30.8 Å². The van der Waals surface area contributed by atoms with Crippen LogP contribution in [0.3, 0.4) is 0 Å². The van der Waals surface area contributed by atoms with Crippen LogP contribution < -0.4 is 10.9 Å². The normalized spacial score (nSPS) is 25.4. The number of hydrogen-bond acceptors (Lipinski definition) is 9. The zero-order valence-electron chi connectivity index (χ0n) is 16.8. The van der Waals surface area contributed by atoms with Gasteiger partial charge in [0.15, 0.2) is 27.4 Å². The first-order valence-corrected chi connectivity index (χ1v) is 10.9. The van der Waals surface area contributed by atoms with Gasteiger partial charge in [-0.05, 0) is 31.0 Å². The van der Waals surface area contributed by atoms with Crippen molar-refractivity contribution >= 4 is 33.7 Å². The lowest BCUT2D eigenvalue weighted by Gasteiger charge is -2.35. The van der Waals surface area contributed by atoms with Crippen LogP contribution >= 0.6 is 0 Å². The Morgan fingerprint density at radius 2 is 1.91 bits per heavy atom. The average Bonchev–Trinajstić information content (AvgIpc) is 2.86. The molecule has 174 valence electrons. The zero-order valence-corrected chi connectivity index (χ0v) is 17.6. The highest BCUT2D eigenvalue weighted by Gasteiger charge is 2.70. The number of carbonyl (C=O) groups is 4. The van der Waals surface area contributed by atoms with Crippen molar-refractivity contribution in [3.05, 3.63) is 23.8 Å². The predicted molar refractivity (Wildman–Crippen MR) is 105 cm³/mol. The lowest BCUT2D eigenvalue weighted by Crippen LogP contribution is -2.58. The van der Waals surface area contributed by atoms with E-state index < -0.39 is 56.5 Å². The molecule has 0 unspecified atom stereocenters. The van der Waals surface area contributed by atoms with Gasteiger partial charge in [-0.3, -0.25) is 15.0 Å². The SMILES string of the molecule is C[C@]1(COC(=O)NNC(=O)CCc2ccc(O)c(O)c2)[C@H](C(=O)O)N2C(=O)C[C@H]2S1(=O)=O. The van der Waals surface area contributed by atoms with Crippen LogP contribution in [0.5, 0.6) is 11.5 Å². The van der Waals surface area contributed by atoms with Crippen molar-refractivity contribution in [3.63, 3.8) is 0 Å². The van der Waals surface area contributed by atoms with Crippen LogP contribution in [0.25, 0.3) is 0 Å². The fraction of sp³-hybridized carbons (Fsp3) is 0.444. The van der Waals surface area contributed by atoms with Gasteiger partial charge in [-0.1, -0.05) is 6.07 Å². The number of aliphatic carboxylic acids is 1. The number of phenols is 2. The summed E-state index contributed by atoms with van der Waals surface area (Å²) < 4.78 is 28.2. The van der Waals surface area contributed by atoms with Gasteiger partial charge >= 0.3 is 12.1 Å². The Morgan fingerprint density at radius 1 is 1.22 bits per heavy atom. The molecule has 1 aromatic carbocycles. The lowest BCUT2D eigenvalue weighted by atomic mass is 9.97. The van der Waals surface area contributed by atoms with Gasteiger partial charge in [0.05, 0.1) is 6.42 Å². The molecule has 32 heavy (non-hydrogen) atoms. The van der Waals surface area contributed by atoms with Crippen LogP contribution in [-0.2, 0) is 35.4 Å². The molecule has 1 aromatic rings. The molecular formula is C18H21N3O10S. The van der Waals surface area contributed by atoms with Gasteiger partial charge in [0, 0.05) is 6.42 Å². The van der Waals surface area contributed by atoms with Gasteiger partial charge < -0.3 is 25.0 Å². The van der Waals surface area contributed by atoms with E-state index in [2.05, 4.69) is 5.43 Å². The molecule has 2 aliphatic heterocycles. The summed E-state index contributed by atoms with van der Waals surface area (Å²) >= 11 is 0. The summed E-state index contributed by atoms with van der Waals surface area (Å²) in [6.07, 6.45) is -1.47. The van der Waals surface area contributed by atoms with E-state index in [1.54, 1.807) is 0 Å². The molecule has 0 bridgehead atoms. The Morgan fingerprint density at radius 3 is 2.50 bits per heavy atom. The van der Waals surface area contributed by atoms with Crippen LogP contribution in [0.4, 0.5) is 4.79 Å². The summed E-state index contributed by atoms with van der Waals surface area (Å²) in [6.45, 7) is 0.243.